The summed E-state index contributed by atoms with van der Waals surface area (Å²) in [5.74, 6) is 0.687. The Balaban J connectivity index is 1.80. The van der Waals surface area contributed by atoms with Crippen molar-refractivity contribution in [3.63, 3.8) is 0 Å². The van der Waals surface area contributed by atoms with Crippen molar-refractivity contribution in [2.75, 3.05) is 24.9 Å². The van der Waals surface area contributed by atoms with E-state index in [0.29, 0.717) is 28.4 Å². The maximum Gasteiger partial charge on any atom is 0.271 e. The average molecular weight is 467 g/mol. The molecule has 0 saturated carbocycles. The number of non-ortho nitro benzene ring substituents is 1. The molecule has 3 aromatic carbocycles. The van der Waals surface area contributed by atoms with Crippen molar-refractivity contribution in [2.45, 2.75) is 6.04 Å². The van der Waals surface area contributed by atoms with Crippen molar-refractivity contribution in [2.24, 2.45) is 0 Å². The Morgan fingerprint density at radius 2 is 1.67 bits per heavy atom. The zero-order chi connectivity index (χ0) is 23.8. The predicted molar refractivity (Wildman–Crippen MR) is 130 cm³/mol. The number of carbonyl (C=O) groups is 1. The Morgan fingerprint density at radius 3 is 2.27 bits per heavy atom. The van der Waals surface area contributed by atoms with Crippen molar-refractivity contribution in [3.05, 3.63) is 88.5 Å². The number of benzene rings is 3. The van der Waals surface area contributed by atoms with E-state index in [1.807, 2.05) is 18.2 Å². The lowest BCUT2D eigenvalue weighted by Crippen LogP contribution is -2.39. The molecule has 0 saturated heterocycles. The van der Waals surface area contributed by atoms with Gasteiger partial charge in [-0.3, -0.25) is 14.9 Å². The lowest BCUT2D eigenvalue weighted by molar-refractivity contribution is -0.384. The summed E-state index contributed by atoms with van der Waals surface area (Å²) in [5.41, 5.74) is 1.44. The van der Waals surface area contributed by atoms with Gasteiger partial charge in [0.15, 0.2) is 5.11 Å². The van der Waals surface area contributed by atoms with Gasteiger partial charge in [-0.25, -0.2) is 0 Å². The topological polar surface area (TPSA) is 115 Å². The molecule has 3 N–H and O–H groups in total. The van der Waals surface area contributed by atoms with E-state index >= 15 is 0 Å². The van der Waals surface area contributed by atoms with Crippen LogP contribution in [0.4, 0.5) is 17.1 Å². The van der Waals surface area contributed by atoms with E-state index in [4.69, 9.17) is 21.7 Å². The van der Waals surface area contributed by atoms with Gasteiger partial charge < -0.3 is 25.4 Å². The van der Waals surface area contributed by atoms with E-state index in [1.165, 1.54) is 25.3 Å². The van der Waals surface area contributed by atoms with Crippen molar-refractivity contribution < 1.29 is 19.2 Å². The molecule has 1 atom stereocenters. The number of nitro groups is 1. The molecule has 3 aromatic rings. The molecule has 0 fully saturated rings. The standard InChI is InChI=1S/C23H22N4O5S/c1-31-18-11-8-16(9-12-18)24-22(28)21(15-6-4-3-5-7-15)26-23(33)25-19-14-17(27(29)30)10-13-20(19)32-2/h3-14,21H,1-2H3,(H,24,28)(H2,25,26,33). The van der Waals surface area contributed by atoms with Crippen LogP contribution in [0.2, 0.25) is 0 Å². The van der Waals surface area contributed by atoms with Crippen LogP contribution in [-0.4, -0.2) is 30.2 Å². The first-order valence-corrected chi connectivity index (χ1v) is 10.2. The number of amides is 1. The van der Waals surface area contributed by atoms with Crippen LogP contribution in [0.1, 0.15) is 11.6 Å². The first kappa shape index (κ1) is 23.5. The van der Waals surface area contributed by atoms with E-state index in [-0.39, 0.29) is 16.7 Å². The number of hydrogen-bond donors (Lipinski definition) is 3. The molecular weight excluding hydrogens is 444 g/mol. The quantitative estimate of drug-likeness (QED) is 0.256. The summed E-state index contributed by atoms with van der Waals surface area (Å²) in [4.78, 5) is 23.7. The molecule has 10 heteroatoms. The van der Waals surface area contributed by atoms with Gasteiger partial charge in [-0.1, -0.05) is 30.3 Å². The Morgan fingerprint density at radius 1 is 0.970 bits per heavy atom. The molecule has 0 spiro atoms. The minimum atomic E-state index is -0.835. The average Bonchev–Trinajstić information content (AvgIpc) is 2.83. The normalized spacial score (nSPS) is 11.1. The zero-order valence-electron chi connectivity index (χ0n) is 17.9. The lowest BCUT2D eigenvalue weighted by atomic mass is 10.1. The highest BCUT2D eigenvalue weighted by atomic mass is 32.1. The summed E-state index contributed by atoms with van der Waals surface area (Å²) >= 11 is 5.40. The van der Waals surface area contributed by atoms with Crippen LogP contribution in [0.15, 0.2) is 72.8 Å². The number of nitro benzene ring substituents is 1. The molecule has 0 bridgehead atoms. The molecule has 170 valence electrons. The zero-order valence-corrected chi connectivity index (χ0v) is 18.7. The van der Waals surface area contributed by atoms with Gasteiger partial charge in [0, 0.05) is 17.8 Å². The third-order valence-electron chi connectivity index (χ3n) is 4.67. The van der Waals surface area contributed by atoms with Crippen molar-refractivity contribution in [3.8, 4) is 11.5 Å². The Hall–Kier alpha value is -4.18. The van der Waals surface area contributed by atoms with E-state index in [9.17, 15) is 14.9 Å². The van der Waals surface area contributed by atoms with Gasteiger partial charge in [0.2, 0.25) is 0 Å². The summed E-state index contributed by atoms with van der Waals surface area (Å²) < 4.78 is 10.4. The number of ether oxygens (including phenoxy) is 2. The summed E-state index contributed by atoms with van der Waals surface area (Å²) in [6.45, 7) is 0. The van der Waals surface area contributed by atoms with Crippen LogP contribution in [0, 0.1) is 10.1 Å². The van der Waals surface area contributed by atoms with Gasteiger partial charge in [-0.05, 0) is 48.1 Å². The Labute approximate surface area is 195 Å². The number of rotatable bonds is 8. The fraction of sp³-hybridized carbons (Fsp3) is 0.130. The fourth-order valence-electron chi connectivity index (χ4n) is 3.03. The molecule has 9 nitrogen and oxygen atoms in total. The minimum absolute atomic E-state index is 0.0903. The lowest BCUT2D eigenvalue weighted by Gasteiger charge is -2.21. The molecular formula is C23H22N4O5S. The second kappa shape index (κ2) is 10.9. The van der Waals surface area contributed by atoms with Gasteiger partial charge in [0.25, 0.3) is 11.6 Å². The first-order chi connectivity index (χ1) is 15.9. The fourth-order valence-corrected chi connectivity index (χ4v) is 3.26. The number of anilines is 2. The summed E-state index contributed by atoms with van der Waals surface area (Å²) in [6, 6.07) is 19.2. The third-order valence-corrected chi connectivity index (χ3v) is 4.89. The molecule has 0 aliphatic rings. The predicted octanol–water partition coefficient (Wildman–Crippen LogP) is 4.28. The van der Waals surface area contributed by atoms with Gasteiger partial charge >= 0.3 is 0 Å². The molecule has 1 amide bonds. The Kier molecular flexibility index (Phi) is 7.77. The van der Waals surface area contributed by atoms with Crippen LogP contribution >= 0.6 is 12.2 Å². The SMILES string of the molecule is COc1ccc(NC(=O)C(NC(=S)Nc2cc([N+](=O)[O-])ccc2OC)c2ccccc2)cc1. The van der Waals surface area contributed by atoms with Crippen LogP contribution in [0.3, 0.4) is 0 Å². The second-order valence-electron chi connectivity index (χ2n) is 6.80. The molecule has 3 rings (SSSR count). The summed E-state index contributed by atoms with van der Waals surface area (Å²) in [6.07, 6.45) is 0. The highest BCUT2D eigenvalue weighted by Gasteiger charge is 2.22. The van der Waals surface area contributed by atoms with Crippen LogP contribution < -0.4 is 25.4 Å². The highest BCUT2D eigenvalue weighted by molar-refractivity contribution is 7.80. The first-order valence-electron chi connectivity index (χ1n) is 9.81. The van der Waals surface area contributed by atoms with Crippen molar-refractivity contribution in [1.29, 1.82) is 0 Å². The van der Waals surface area contributed by atoms with Crippen LogP contribution in [0.25, 0.3) is 0 Å². The van der Waals surface area contributed by atoms with Gasteiger partial charge in [0.05, 0.1) is 24.8 Å². The number of methoxy groups -OCH3 is 2. The number of nitrogens with one attached hydrogen (secondary N) is 3. The number of nitrogens with zero attached hydrogens (tertiary/aromatic N) is 1. The largest absolute Gasteiger partial charge is 0.497 e. The number of thiocarbonyl (C=S) groups is 1. The molecule has 33 heavy (non-hydrogen) atoms. The minimum Gasteiger partial charge on any atom is -0.497 e. The number of hydrogen-bond acceptors (Lipinski definition) is 6. The van der Waals surface area contributed by atoms with Crippen molar-refractivity contribution >= 4 is 40.3 Å². The Bertz CT molecular complexity index is 1140. The smallest absolute Gasteiger partial charge is 0.271 e. The van der Waals surface area contributed by atoms with Crippen molar-refractivity contribution in [1.82, 2.24) is 5.32 Å². The molecule has 1 unspecified atom stereocenters. The highest BCUT2D eigenvalue weighted by Crippen LogP contribution is 2.29. The molecule has 0 aliphatic carbocycles. The van der Waals surface area contributed by atoms with Gasteiger partial charge in [-0.15, -0.1) is 0 Å². The second-order valence-corrected chi connectivity index (χ2v) is 7.21. The summed E-state index contributed by atoms with van der Waals surface area (Å²) in [7, 11) is 3.01. The maximum atomic E-state index is 13.1. The van der Waals surface area contributed by atoms with Crippen LogP contribution in [-0.2, 0) is 4.79 Å². The van der Waals surface area contributed by atoms with E-state index in [0.717, 1.165) is 0 Å². The molecule has 0 aliphatic heterocycles. The van der Waals surface area contributed by atoms with Gasteiger partial charge in [-0.2, -0.15) is 0 Å². The van der Waals surface area contributed by atoms with Gasteiger partial charge in [0.1, 0.15) is 17.5 Å². The summed E-state index contributed by atoms with van der Waals surface area (Å²) in [5, 5.41) is 19.9. The molecule has 0 aromatic heterocycles. The maximum absolute atomic E-state index is 13.1. The monoisotopic (exact) mass is 466 g/mol. The van der Waals surface area contributed by atoms with E-state index < -0.39 is 11.0 Å². The third kappa shape index (κ3) is 6.17. The van der Waals surface area contributed by atoms with Crippen LogP contribution in [0.5, 0.6) is 11.5 Å². The number of carbonyl (C=O) groups excluding carboxylic acids is 1. The van der Waals surface area contributed by atoms with E-state index in [2.05, 4.69) is 16.0 Å². The molecule has 0 radical (unpaired) electrons. The van der Waals surface area contributed by atoms with E-state index in [1.54, 1.807) is 43.5 Å². The molecule has 0 heterocycles.